The topological polar surface area (TPSA) is 182 Å². The molecule has 2 amide bonds. The van der Waals surface area contributed by atoms with Gasteiger partial charge in [-0.15, -0.1) is 0 Å². The summed E-state index contributed by atoms with van der Waals surface area (Å²) in [6.07, 6.45) is -1.16. The van der Waals surface area contributed by atoms with Gasteiger partial charge < -0.3 is 34.3 Å². The number of carbonyl (C=O) groups excluding carboxylic acids is 4. The van der Waals surface area contributed by atoms with Crippen molar-refractivity contribution in [2.24, 2.45) is 0 Å². The number of nitrogens with one attached hydrogen (secondary N) is 2. The van der Waals surface area contributed by atoms with Crippen molar-refractivity contribution in [1.29, 1.82) is 0 Å². The first kappa shape index (κ1) is 34.2. The van der Waals surface area contributed by atoms with Crippen LogP contribution in [-0.4, -0.2) is 75.4 Å². The third-order valence-electron chi connectivity index (χ3n) is 6.19. The van der Waals surface area contributed by atoms with Gasteiger partial charge in [0.1, 0.15) is 18.0 Å². The minimum absolute atomic E-state index is 0.0134. The van der Waals surface area contributed by atoms with E-state index < -0.39 is 46.6 Å². The number of ether oxygens (including phenoxy) is 5. The monoisotopic (exact) mass is 623 g/mol. The van der Waals surface area contributed by atoms with Crippen molar-refractivity contribution < 1.29 is 47.8 Å². The Morgan fingerprint density at radius 3 is 1.47 bits per heavy atom. The number of anilines is 2. The van der Waals surface area contributed by atoms with Crippen LogP contribution in [0.5, 0.6) is 5.75 Å². The fraction of sp³-hybridized carbons (Fsp3) is 0.290. The van der Waals surface area contributed by atoms with Gasteiger partial charge in [0.25, 0.3) is 17.5 Å². The van der Waals surface area contributed by atoms with Gasteiger partial charge in [-0.05, 0) is 38.1 Å². The van der Waals surface area contributed by atoms with E-state index >= 15 is 0 Å². The van der Waals surface area contributed by atoms with Gasteiger partial charge in [0.2, 0.25) is 0 Å². The highest BCUT2D eigenvalue weighted by Crippen LogP contribution is 2.32. The number of methoxy groups -OCH3 is 3. The molecule has 2 N–H and O–H groups in total. The Labute approximate surface area is 258 Å². The van der Waals surface area contributed by atoms with Crippen molar-refractivity contribution in [3.05, 3.63) is 93.0 Å². The predicted octanol–water partition coefficient (Wildman–Crippen LogP) is 4.49. The molecule has 3 aromatic rings. The summed E-state index contributed by atoms with van der Waals surface area (Å²) in [5, 5.41) is 16.9. The molecule has 0 spiro atoms. The molecule has 0 unspecified atom stereocenters. The van der Waals surface area contributed by atoms with Crippen LogP contribution in [0.25, 0.3) is 0 Å². The van der Waals surface area contributed by atoms with E-state index in [2.05, 4.69) is 10.6 Å². The zero-order chi connectivity index (χ0) is 33.1. The van der Waals surface area contributed by atoms with E-state index in [-0.39, 0.29) is 52.6 Å². The molecule has 0 saturated carbocycles. The minimum Gasteiger partial charge on any atom is -0.495 e. The normalized spacial score (nSPS) is 11.9. The van der Waals surface area contributed by atoms with Gasteiger partial charge in [0.05, 0.1) is 58.9 Å². The number of nitrogens with zero attached hydrogens (tertiary/aromatic N) is 1. The Morgan fingerprint density at radius 1 is 0.711 bits per heavy atom. The quantitative estimate of drug-likeness (QED) is 0.147. The second-order valence-electron chi connectivity index (χ2n) is 9.67. The number of nitro groups is 1. The fourth-order valence-electron chi connectivity index (χ4n) is 4.23. The maximum Gasteiger partial charge on any atom is 0.340 e. The van der Waals surface area contributed by atoms with Crippen LogP contribution in [0.2, 0.25) is 0 Å². The van der Waals surface area contributed by atoms with E-state index in [4.69, 9.17) is 23.7 Å². The van der Waals surface area contributed by atoms with E-state index in [1.165, 1.54) is 45.6 Å². The van der Waals surface area contributed by atoms with Crippen LogP contribution in [0, 0.1) is 10.1 Å². The Balaban J connectivity index is 1.98. The maximum atomic E-state index is 13.5. The van der Waals surface area contributed by atoms with Gasteiger partial charge in [0, 0.05) is 26.4 Å². The highest BCUT2D eigenvalue weighted by molar-refractivity contribution is 6.15. The average molecular weight is 624 g/mol. The molecule has 0 bridgehead atoms. The number of nitro benzene ring substituents is 1. The molecular weight excluding hydrogens is 590 g/mol. The van der Waals surface area contributed by atoms with Crippen LogP contribution in [0.15, 0.2) is 60.7 Å². The lowest BCUT2D eigenvalue weighted by Gasteiger charge is -2.17. The smallest absolute Gasteiger partial charge is 0.340 e. The van der Waals surface area contributed by atoms with Crippen molar-refractivity contribution in [2.75, 3.05) is 45.2 Å². The fourth-order valence-corrected chi connectivity index (χ4v) is 4.23. The summed E-state index contributed by atoms with van der Waals surface area (Å²) in [5.74, 6) is -3.60. The lowest BCUT2D eigenvalue weighted by atomic mass is 10.0. The third kappa shape index (κ3) is 8.84. The molecule has 0 saturated heterocycles. The third-order valence-corrected chi connectivity index (χ3v) is 6.19. The summed E-state index contributed by atoms with van der Waals surface area (Å²) in [5.41, 5.74) is -1.20. The highest BCUT2D eigenvalue weighted by Gasteiger charge is 2.28. The Hall–Kier alpha value is -5.34. The molecule has 14 nitrogen and oxygen atoms in total. The first-order valence-corrected chi connectivity index (χ1v) is 13.6. The molecule has 0 aliphatic heterocycles. The number of benzene rings is 3. The summed E-state index contributed by atoms with van der Waals surface area (Å²) in [7, 11) is 4.09. The lowest BCUT2D eigenvalue weighted by Crippen LogP contribution is -2.23. The summed E-state index contributed by atoms with van der Waals surface area (Å²) in [4.78, 5) is 63.6. The Morgan fingerprint density at radius 2 is 1.11 bits per heavy atom. The average Bonchev–Trinajstić information content (AvgIpc) is 3.00. The number of carbonyl (C=O) groups is 4. The van der Waals surface area contributed by atoms with Gasteiger partial charge >= 0.3 is 11.9 Å². The van der Waals surface area contributed by atoms with E-state index in [9.17, 15) is 29.3 Å². The Bertz CT molecular complexity index is 1470. The lowest BCUT2D eigenvalue weighted by molar-refractivity contribution is -0.384. The molecule has 0 radical (unpaired) electrons. The summed E-state index contributed by atoms with van der Waals surface area (Å²) >= 11 is 0. The van der Waals surface area contributed by atoms with E-state index in [0.717, 1.165) is 12.1 Å². The molecule has 45 heavy (non-hydrogen) atoms. The van der Waals surface area contributed by atoms with Gasteiger partial charge in [-0.2, -0.15) is 0 Å². The molecule has 0 fully saturated rings. The van der Waals surface area contributed by atoms with Crippen LogP contribution >= 0.6 is 0 Å². The number of rotatable bonds is 14. The van der Waals surface area contributed by atoms with Crippen molar-refractivity contribution >= 4 is 40.8 Å². The van der Waals surface area contributed by atoms with Crippen LogP contribution in [0.3, 0.4) is 0 Å². The van der Waals surface area contributed by atoms with Crippen LogP contribution in [0.4, 0.5) is 17.1 Å². The number of amides is 2. The van der Waals surface area contributed by atoms with E-state index in [1.807, 2.05) is 0 Å². The van der Waals surface area contributed by atoms with Gasteiger partial charge in [-0.3, -0.25) is 19.7 Å². The summed E-state index contributed by atoms with van der Waals surface area (Å²) in [6.45, 7) is 3.56. The molecule has 238 valence electrons. The SMILES string of the molecule is COC[C@@H](C)OC(=O)c1ccccc1NC(=O)c1cc([N+](=O)[O-])cc(C(=O)Nc2ccccc2C(=O)O[C@H](C)COC)c1OC. The van der Waals surface area contributed by atoms with E-state index in [0.29, 0.717) is 0 Å². The Kier molecular flexibility index (Phi) is 12.1. The second kappa shape index (κ2) is 15.9. The van der Waals surface area contributed by atoms with E-state index in [1.54, 1.807) is 38.1 Å². The number of para-hydroxylation sites is 2. The number of esters is 2. The van der Waals surface area contributed by atoms with Crippen LogP contribution in [0.1, 0.15) is 55.3 Å². The van der Waals surface area contributed by atoms with Gasteiger partial charge in [-0.25, -0.2) is 9.59 Å². The predicted molar refractivity (Wildman–Crippen MR) is 162 cm³/mol. The number of hydrogen-bond donors (Lipinski definition) is 2. The molecule has 2 atom stereocenters. The second-order valence-corrected chi connectivity index (χ2v) is 9.67. The van der Waals surface area contributed by atoms with Crippen LogP contribution in [-0.2, 0) is 18.9 Å². The molecule has 0 heterocycles. The van der Waals surface area contributed by atoms with Gasteiger partial charge in [0.15, 0.2) is 0 Å². The molecule has 0 aromatic heterocycles. The maximum absolute atomic E-state index is 13.5. The summed E-state index contributed by atoms with van der Waals surface area (Å²) in [6, 6.07) is 13.9. The van der Waals surface area contributed by atoms with Crippen molar-refractivity contribution in [2.45, 2.75) is 26.1 Å². The largest absolute Gasteiger partial charge is 0.495 e. The number of hydrogen-bond acceptors (Lipinski definition) is 11. The summed E-state index contributed by atoms with van der Waals surface area (Å²) < 4.78 is 26.0. The van der Waals surface area contributed by atoms with Crippen molar-refractivity contribution in [3.63, 3.8) is 0 Å². The van der Waals surface area contributed by atoms with Gasteiger partial charge in [-0.1, -0.05) is 24.3 Å². The number of non-ortho nitro benzene ring substituents is 1. The molecule has 0 aliphatic carbocycles. The standard InChI is InChI=1S/C31H33N3O11/c1-18(16-41-3)44-30(37)21-10-6-8-12-25(21)32-28(35)23-14-20(34(39)40)15-24(27(23)43-5)29(36)33-26-13-9-7-11-22(26)31(38)45-19(2)17-42-4/h6-15,18-19H,16-17H2,1-5H3,(H,32,35)(H,33,36)/t18-,19-/m1/s1. The molecule has 3 aromatic carbocycles. The van der Waals surface area contributed by atoms with Crippen molar-refractivity contribution in [3.8, 4) is 5.75 Å². The highest BCUT2D eigenvalue weighted by atomic mass is 16.6. The zero-order valence-corrected chi connectivity index (χ0v) is 25.3. The molecular formula is C31H33N3O11. The first-order chi connectivity index (χ1) is 21.5. The molecule has 0 aliphatic rings. The first-order valence-electron chi connectivity index (χ1n) is 13.6. The minimum atomic E-state index is -0.911. The van der Waals surface area contributed by atoms with Crippen molar-refractivity contribution in [1.82, 2.24) is 0 Å². The molecule has 14 heteroatoms. The molecule has 3 rings (SSSR count). The van der Waals surface area contributed by atoms with Crippen LogP contribution < -0.4 is 15.4 Å². The zero-order valence-electron chi connectivity index (χ0n) is 25.3.